The second kappa shape index (κ2) is 6.08. The molecule has 1 unspecified atom stereocenters. The first-order valence-electron chi connectivity index (χ1n) is 7.97. The van der Waals surface area contributed by atoms with E-state index in [0.717, 1.165) is 22.7 Å². The molecule has 4 nitrogen and oxygen atoms in total. The van der Waals surface area contributed by atoms with Crippen LogP contribution in [0.15, 0.2) is 0 Å². The van der Waals surface area contributed by atoms with Gasteiger partial charge in [0.15, 0.2) is 0 Å². The van der Waals surface area contributed by atoms with E-state index in [2.05, 4.69) is 5.32 Å². The molecular weight excluding hydrogens is 298 g/mol. The van der Waals surface area contributed by atoms with Gasteiger partial charge in [0.25, 0.3) is 10.0 Å². The maximum absolute atomic E-state index is 12.5. The van der Waals surface area contributed by atoms with Crippen molar-refractivity contribution in [1.29, 1.82) is 0 Å². The minimum atomic E-state index is -4.38. The number of rotatable bonds is 5. The summed E-state index contributed by atoms with van der Waals surface area (Å²) in [6.45, 7) is 1.36. The molecule has 0 aromatic heterocycles. The maximum atomic E-state index is 12.5. The second-order valence-corrected chi connectivity index (χ2v) is 8.74. The topological polar surface area (TPSA) is 49.4 Å². The molecule has 3 aliphatic carbocycles. The molecule has 0 radical (unpaired) electrons. The van der Waals surface area contributed by atoms with Gasteiger partial charge in [0.05, 0.1) is 0 Å². The van der Waals surface area contributed by atoms with Gasteiger partial charge in [-0.15, -0.1) is 0 Å². The average molecular weight is 322 g/mol. The van der Waals surface area contributed by atoms with Gasteiger partial charge in [0.1, 0.15) is 0 Å². The van der Waals surface area contributed by atoms with E-state index < -0.39 is 15.8 Å². The van der Waals surface area contributed by atoms with E-state index in [1.807, 2.05) is 0 Å². The first kappa shape index (κ1) is 15.6. The third kappa shape index (κ3) is 3.24. The number of piperidine rings is 1. The number of hydrogen-bond acceptors (Lipinski definition) is 3. The van der Waals surface area contributed by atoms with Gasteiger partial charge in [-0.1, -0.05) is 0 Å². The predicted molar refractivity (Wildman–Crippen MR) is 76.5 cm³/mol. The number of alkyl halides is 2. The highest BCUT2D eigenvalue weighted by atomic mass is 32.2. The van der Waals surface area contributed by atoms with Gasteiger partial charge in [-0.05, 0) is 62.8 Å². The lowest BCUT2D eigenvalue weighted by Crippen LogP contribution is -2.50. The summed E-state index contributed by atoms with van der Waals surface area (Å²) in [6, 6.07) is 0.623. The summed E-state index contributed by atoms with van der Waals surface area (Å²) < 4.78 is 48.7. The molecule has 1 atom stereocenters. The molecule has 1 N–H and O–H groups in total. The SMILES string of the molecule is O=S(=O)(C(F)F)N1CCC(CNC2CCC3CC2C3)CC1. The molecule has 7 heteroatoms. The zero-order valence-electron chi connectivity index (χ0n) is 12.2. The van der Waals surface area contributed by atoms with Crippen molar-refractivity contribution < 1.29 is 17.2 Å². The second-order valence-electron chi connectivity index (χ2n) is 6.84. The van der Waals surface area contributed by atoms with Gasteiger partial charge in [0.2, 0.25) is 0 Å². The van der Waals surface area contributed by atoms with Crippen LogP contribution in [-0.2, 0) is 10.0 Å². The van der Waals surface area contributed by atoms with E-state index in [4.69, 9.17) is 0 Å². The lowest BCUT2D eigenvalue weighted by atomic mass is 9.63. The number of sulfonamides is 1. The van der Waals surface area contributed by atoms with Gasteiger partial charge in [-0.2, -0.15) is 13.1 Å². The minimum absolute atomic E-state index is 0.231. The van der Waals surface area contributed by atoms with E-state index in [1.54, 1.807) is 0 Å². The lowest BCUT2D eigenvalue weighted by Gasteiger charge is -2.47. The molecule has 3 saturated carbocycles. The van der Waals surface area contributed by atoms with Crippen molar-refractivity contribution in [2.24, 2.45) is 17.8 Å². The Labute approximate surface area is 125 Å². The smallest absolute Gasteiger partial charge is 0.313 e. The Balaban J connectivity index is 1.42. The van der Waals surface area contributed by atoms with E-state index in [9.17, 15) is 17.2 Å². The van der Waals surface area contributed by atoms with Crippen LogP contribution in [0, 0.1) is 17.8 Å². The third-order valence-corrected chi connectivity index (χ3v) is 7.09. The fraction of sp³-hybridized carbons (Fsp3) is 1.00. The Hall–Kier alpha value is -0.270. The normalized spacial score (nSPS) is 34.9. The van der Waals surface area contributed by atoms with Crippen molar-refractivity contribution in [3.05, 3.63) is 0 Å². The highest BCUT2D eigenvalue weighted by Gasteiger charge is 2.40. The standard InChI is InChI=1S/C14H24F2N2O2S/c15-14(16)21(19,20)18-5-3-10(4-6-18)9-17-13-2-1-11-7-12(13)8-11/h10-14,17H,1-9H2. The first-order chi connectivity index (χ1) is 9.96. The molecule has 21 heavy (non-hydrogen) atoms. The quantitative estimate of drug-likeness (QED) is 0.842. The highest BCUT2D eigenvalue weighted by molar-refractivity contribution is 7.89. The van der Waals surface area contributed by atoms with Crippen LogP contribution >= 0.6 is 0 Å². The van der Waals surface area contributed by atoms with Crippen molar-refractivity contribution >= 4 is 10.0 Å². The number of halogens is 2. The van der Waals surface area contributed by atoms with Gasteiger partial charge >= 0.3 is 5.76 Å². The molecule has 4 rings (SSSR count). The Morgan fingerprint density at radius 2 is 1.76 bits per heavy atom. The summed E-state index contributed by atoms with van der Waals surface area (Å²) in [5.74, 6) is -1.08. The van der Waals surface area contributed by atoms with E-state index in [-0.39, 0.29) is 13.1 Å². The molecule has 0 spiro atoms. The summed E-state index contributed by atoms with van der Waals surface area (Å²) in [4.78, 5) is 0. The van der Waals surface area contributed by atoms with Crippen molar-refractivity contribution in [2.75, 3.05) is 19.6 Å². The lowest BCUT2D eigenvalue weighted by molar-refractivity contribution is 0.0695. The third-order valence-electron chi connectivity index (χ3n) is 5.55. The summed E-state index contributed by atoms with van der Waals surface area (Å²) in [7, 11) is -4.38. The van der Waals surface area contributed by atoms with Crippen LogP contribution in [-0.4, -0.2) is 44.2 Å². The van der Waals surface area contributed by atoms with Crippen molar-refractivity contribution in [3.63, 3.8) is 0 Å². The summed E-state index contributed by atoms with van der Waals surface area (Å²) in [5, 5.41) is 3.64. The number of nitrogens with one attached hydrogen (secondary N) is 1. The molecule has 4 fully saturated rings. The summed E-state index contributed by atoms with van der Waals surface area (Å²) >= 11 is 0. The first-order valence-corrected chi connectivity index (χ1v) is 9.47. The Kier molecular flexibility index (Phi) is 4.52. The van der Waals surface area contributed by atoms with Crippen LogP contribution in [0.25, 0.3) is 0 Å². The fourth-order valence-electron chi connectivity index (χ4n) is 4.07. The molecule has 1 saturated heterocycles. The van der Waals surface area contributed by atoms with Crippen LogP contribution in [0.1, 0.15) is 38.5 Å². The van der Waals surface area contributed by atoms with E-state index in [0.29, 0.717) is 24.8 Å². The van der Waals surface area contributed by atoms with Crippen LogP contribution in [0.4, 0.5) is 8.78 Å². The summed E-state index contributed by atoms with van der Waals surface area (Å²) in [5.41, 5.74) is 0. The van der Waals surface area contributed by atoms with Gasteiger partial charge < -0.3 is 5.32 Å². The molecule has 0 aromatic carbocycles. The average Bonchev–Trinajstić information content (AvgIpc) is 2.45. The van der Waals surface area contributed by atoms with Gasteiger partial charge in [-0.25, -0.2) is 8.42 Å². The van der Waals surface area contributed by atoms with Crippen LogP contribution in [0.5, 0.6) is 0 Å². The molecule has 0 amide bonds. The molecule has 4 aliphatic rings. The summed E-state index contributed by atoms with van der Waals surface area (Å²) in [6.07, 6.45) is 6.68. The van der Waals surface area contributed by atoms with Crippen LogP contribution in [0.2, 0.25) is 0 Å². The van der Waals surface area contributed by atoms with Gasteiger partial charge in [0, 0.05) is 19.1 Å². The minimum Gasteiger partial charge on any atom is -0.313 e. The van der Waals surface area contributed by atoms with Crippen molar-refractivity contribution in [2.45, 2.75) is 50.3 Å². The number of fused-ring (bicyclic) bond motifs is 2. The van der Waals surface area contributed by atoms with Crippen LogP contribution in [0.3, 0.4) is 0 Å². The number of nitrogens with zero attached hydrogens (tertiary/aromatic N) is 1. The predicted octanol–water partition coefficient (Wildman–Crippen LogP) is 2.03. The Morgan fingerprint density at radius 3 is 2.29 bits per heavy atom. The van der Waals surface area contributed by atoms with Gasteiger partial charge in [-0.3, -0.25) is 0 Å². The largest absolute Gasteiger partial charge is 0.350 e. The molecule has 0 aromatic rings. The number of hydrogen-bond donors (Lipinski definition) is 1. The van der Waals surface area contributed by atoms with Crippen molar-refractivity contribution in [1.82, 2.24) is 9.62 Å². The van der Waals surface area contributed by atoms with E-state index in [1.165, 1.54) is 25.7 Å². The molecule has 1 aliphatic heterocycles. The zero-order chi connectivity index (χ0) is 15.0. The van der Waals surface area contributed by atoms with E-state index >= 15 is 0 Å². The van der Waals surface area contributed by atoms with Crippen molar-refractivity contribution in [3.8, 4) is 0 Å². The molecular formula is C14H24F2N2O2S. The zero-order valence-corrected chi connectivity index (χ0v) is 13.0. The highest BCUT2D eigenvalue weighted by Crippen LogP contribution is 2.45. The monoisotopic (exact) mass is 322 g/mol. The molecule has 1 heterocycles. The maximum Gasteiger partial charge on any atom is 0.350 e. The fourth-order valence-corrected chi connectivity index (χ4v) is 5.01. The Bertz CT molecular complexity index is 455. The Morgan fingerprint density at radius 1 is 1.10 bits per heavy atom. The van der Waals surface area contributed by atoms with Crippen LogP contribution < -0.4 is 5.32 Å². The molecule has 122 valence electrons. The molecule has 2 bridgehead atoms.